The van der Waals surface area contributed by atoms with Crippen LogP contribution in [0.4, 0.5) is 8.78 Å². The number of nitrogens with zero attached hydrogens (tertiary/aromatic N) is 1. The predicted octanol–water partition coefficient (Wildman–Crippen LogP) is 2.72. The minimum atomic E-state index is -3.63. The number of hydrogen-bond donors (Lipinski definition) is 1. The van der Waals surface area contributed by atoms with Crippen molar-refractivity contribution >= 4 is 33.3 Å². The van der Waals surface area contributed by atoms with Crippen LogP contribution in [0.5, 0.6) is 0 Å². The molecule has 4 rings (SSSR count). The van der Waals surface area contributed by atoms with Gasteiger partial charge in [0, 0.05) is 35.1 Å². The summed E-state index contributed by atoms with van der Waals surface area (Å²) in [6.45, 7) is -0.112. The van der Waals surface area contributed by atoms with Gasteiger partial charge in [-0.2, -0.15) is 0 Å². The number of likely N-dealkylation sites (tertiary alicyclic amines) is 1. The molecule has 2 amide bonds. The van der Waals surface area contributed by atoms with Gasteiger partial charge in [0.05, 0.1) is 24.7 Å². The summed E-state index contributed by atoms with van der Waals surface area (Å²) >= 11 is 5.91. The van der Waals surface area contributed by atoms with E-state index < -0.39 is 64.0 Å². The fourth-order valence-corrected chi connectivity index (χ4v) is 5.76. The molecule has 2 N–H and O–H groups in total. The Labute approximate surface area is 200 Å². The lowest BCUT2D eigenvalue weighted by Crippen LogP contribution is -2.62. The van der Waals surface area contributed by atoms with Crippen molar-refractivity contribution in [2.45, 2.75) is 28.9 Å². The molecule has 7 nitrogen and oxygen atoms in total. The van der Waals surface area contributed by atoms with Crippen molar-refractivity contribution < 1.29 is 31.5 Å². The van der Waals surface area contributed by atoms with Crippen molar-refractivity contribution in [3.8, 4) is 0 Å². The fourth-order valence-electron chi connectivity index (χ4n) is 4.94. The number of benzene rings is 2. The van der Waals surface area contributed by atoms with Gasteiger partial charge in [-0.3, -0.25) is 9.59 Å². The largest absolute Gasteiger partial charge is 0.381 e. The first kappa shape index (κ1) is 24.6. The van der Waals surface area contributed by atoms with Crippen LogP contribution in [0.2, 0.25) is 5.02 Å². The highest BCUT2D eigenvalue weighted by atomic mass is 35.5. The summed E-state index contributed by atoms with van der Waals surface area (Å²) in [5.74, 6) is -3.88. The van der Waals surface area contributed by atoms with Gasteiger partial charge in [-0.25, -0.2) is 17.2 Å². The summed E-state index contributed by atoms with van der Waals surface area (Å²) in [4.78, 5) is 27.6. The first-order chi connectivity index (χ1) is 15.9. The Balaban J connectivity index is 1.87. The summed E-state index contributed by atoms with van der Waals surface area (Å²) in [6, 6.07) is 9.19. The summed E-state index contributed by atoms with van der Waals surface area (Å²) in [7, 11) is -3.63. The minimum Gasteiger partial charge on any atom is -0.381 e. The molecule has 0 aliphatic carbocycles. The number of hydrogen-bond acceptors (Lipinski definition) is 5. The van der Waals surface area contributed by atoms with E-state index in [2.05, 4.69) is 0 Å². The maximum atomic E-state index is 15.1. The second-order valence-electron chi connectivity index (χ2n) is 8.75. The predicted molar refractivity (Wildman–Crippen MR) is 120 cm³/mol. The number of halogens is 3. The number of sulfone groups is 1. The van der Waals surface area contributed by atoms with Crippen molar-refractivity contribution in [2.75, 3.05) is 26.0 Å². The third kappa shape index (κ3) is 4.18. The molecule has 2 fully saturated rings. The van der Waals surface area contributed by atoms with E-state index in [1.165, 1.54) is 36.4 Å². The zero-order valence-corrected chi connectivity index (χ0v) is 19.8. The third-order valence-electron chi connectivity index (χ3n) is 6.52. The molecule has 2 heterocycles. The lowest BCUT2D eigenvalue weighted by atomic mass is 9.68. The molecule has 2 aromatic carbocycles. The van der Waals surface area contributed by atoms with Crippen molar-refractivity contribution in [3.63, 3.8) is 0 Å². The van der Waals surface area contributed by atoms with E-state index in [9.17, 15) is 22.4 Å². The van der Waals surface area contributed by atoms with E-state index in [4.69, 9.17) is 22.1 Å². The van der Waals surface area contributed by atoms with E-state index in [1.54, 1.807) is 0 Å². The molecule has 1 unspecified atom stereocenters. The molecule has 0 spiro atoms. The van der Waals surface area contributed by atoms with Crippen LogP contribution in [0.15, 0.2) is 47.4 Å². The number of carbonyl (C=O) groups is 2. The molecular formula is C23H23ClF2N2O5S. The van der Waals surface area contributed by atoms with Crippen LogP contribution in [0.1, 0.15) is 28.3 Å². The number of rotatable bonds is 6. The number of carbonyl (C=O) groups excluding carboxylic acids is 2. The molecule has 0 bridgehead atoms. The zero-order valence-electron chi connectivity index (χ0n) is 18.2. The lowest BCUT2D eigenvalue weighted by Gasteiger charge is -2.47. The lowest BCUT2D eigenvalue weighted by molar-refractivity contribution is -0.134. The highest BCUT2D eigenvalue weighted by molar-refractivity contribution is 7.90. The van der Waals surface area contributed by atoms with Crippen molar-refractivity contribution in [3.05, 3.63) is 64.4 Å². The standard InChI is InChI=1S/C23H23ClF2N2O5S/c1-34(31,32)17-4-2-3-13(7-17)21(29)28-10-16(25)9-23(28,22(27)30)20(14-11-33-12-14)18-6-5-15(24)8-19(18)26/h2-8,14,16,20H,9-12H2,1H3,(H2,27,30)/t16?,20-,23+/m1/s1. The Morgan fingerprint density at radius 2 is 1.94 bits per heavy atom. The van der Waals surface area contributed by atoms with E-state index in [0.717, 1.165) is 17.2 Å². The third-order valence-corrected chi connectivity index (χ3v) is 7.87. The fraction of sp³-hybridized carbons (Fsp3) is 0.391. The molecule has 182 valence electrons. The van der Waals surface area contributed by atoms with E-state index in [0.29, 0.717) is 0 Å². The first-order valence-electron chi connectivity index (χ1n) is 10.5. The smallest absolute Gasteiger partial charge is 0.254 e. The van der Waals surface area contributed by atoms with Gasteiger partial charge in [0.1, 0.15) is 17.5 Å². The number of nitrogens with two attached hydrogens (primary N) is 1. The maximum absolute atomic E-state index is 15.1. The van der Waals surface area contributed by atoms with Crippen LogP contribution in [0, 0.1) is 11.7 Å². The number of alkyl halides is 1. The van der Waals surface area contributed by atoms with Crippen LogP contribution in [0.25, 0.3) is 0 Å². The van der Waals surface area contributed by atoms with Crippen LogP contribution in [-0.4, -0.2) is 62.9 Å². The molecule has 2 aliphatic rings. The van der Waals surface area contributed by atoms with Crippen molar-refractivity contribution in [1.29, 1.82) is 0 Å². The Morgan fingerprint density at radius 1 is 1.24 bits per heavy atom. The van der Waals surface area contributed by atoms with Gasteiger partial charge in [0.2, 0.25) is 5.91 Å². The molecule has 0 saturated carbocycles. The summed E-state index contributed by atoms with van der Waals surface area (Å²) in [5, 5.41) is 0.137. The highest BCUT2D eigenvalue weighted by Gasteiger charge is 2.60. The average molecular weight is 513 g/mol. The second-order valence-corrected chi connectivity index (χ2v) is 11.2. The second kappa shape index (κ2) is 8.90. The van der Waals surface area contributed by atoms with Crippen molar-refractivity contribution in [2.24, 2.45) is 11.7 Å². The molecule has 0 aromatic heterocycles. The van der Waals surface area contributed by atoms with Gasteiger partial charge in [-0.1, -0.05) is 23.7 Å². The molecular weight excluding hydrogens is 490 g/mol. The van der Waals surface area contributed by atoms with Gasteiger partial charge >= 0.3 is 0 Å². The van der Waals surface area contributed by atoms with Gasteiger partial charge in [-0.05, 0) is 35.9 Å². The first-order valence-corrected chi connectivity index (χ1v) is 12.8. The number of amides is 2. The molecule has 11 heteroatoms. The Morgan fingerprint density at radius 3 is 2.50 bits per heavy atom. The summed E-state index contributed by atoms with van der Waals surface area (Å²) < 4.78 is 59.3. The average Bonchev–Trinajstić information content (AvgIpc) is 3.08. The van der Waals surface area contributed by atoms with Gasteiger partial charge in [-0.15, -0.1) is 0 Å². The van der Waals surface area contributed by atoms with E-state index >= 15 is 4.39 Å². The van der Waals surface area contributed by atoms with Crippen LogP contribution in [-0.2, 0) is 19.4 Å². The van der Waals surface area contributed by atoms with Gasteiger partial charge < -0.3 is 15.4 Å². The number of ether oxygens (including phenoxy) is 1. The van der Waals surface area contributed by atoms with Crippen molar-refractivity contribution in [1.82, 2.24) is 4.90 Å². The van der Waals surface area contributed by atoms with Crippen LogP contribution in [0.3, 0.4) is 0 Å². The van der Waals surface area contributed by atoms with Gasteiger partial charge in [0.15, 0.2) is 9.84 Å². The Kier molecular flexibility index (Phi) is 6.43. The Bertz CT molecular complexity index is 1250. The zero-order chi connectivity index (χ0) is 24.8. The Hall–Kier alpha value is -2.56. The minimum absolute atomic E-state index is 0.0529. The molecule has 3 atom stereocenters. The monoisotopic (exact) mass is 512 g/mol. The molecule has 34 heavy (non-hydrogen) atoms. The molecule has 0 radical (unpaired) electrons. The topological polar surface area (TPSA) is 107 Å². The maximum Gasteiger partial charge on any atom is 0.254 e. The van der Waals surface area contributed by atoms with Gasteiger partial charge in [0.25, 0.3) is 5.91 Å². The summed E-state index contributed by atoms with van der Waals surface area (Å²) in [6.07, 6.45) is -1.04. The molecule has 2 saturated heterocycles. The quantitative estimate of drug-likeness (QED) is 0.640. The number of primary amides is 1. The molecule has 2 aromatic rings. The van der Waals surface area contributed by atoms with E-state index in [-0.39, 0.29) is 34.3 Å². The summed E-state index contributed by atoms with van der Waals surface area (Å²) in [5.41, 5.74) is 3.97. The van der Waals surface area contributed by atoms with Crippen LogP contribution >= 0.6 is 11.6 Å². The normalized spacial score (nSPS) is 24.0. The van der Waals surface area contributed by atoms with Crippen LogP contribution < -0.4 is 5.73 Å². The van der Waals surface area contributed by atoms with E-state index in [1.807, 2.05) is 0 Å². The SMILES string of the molecule is CS(=O)(=O)c1cccc(C(=O)N2CC(F)C[C@@]2(C(N)=O)[C@@H](c2ccc(Cl)cc2F)C2COC2)c1. The highest BCUT2D eigenvalue weighted by Crippen LogP contribution is 2.49. The molecule has 2 aliphatic heterocycles.